The summed E-state index contributed by atoms with van der Waals surface area (Å²) < 4.78 is 31.6. The van der Waals surface area contributed by atoms with Gasteiger partial charge in [-0.2, -0.15) is 13.5 Å². The van der Waals surface area contributed by atoms with E-state index in [-0.39, 0.29) is 17.2 Å². The topological polar surface area (TPSA) is 96.7 Å². The molecule has 1 aromatic heterocycles. The molecule has 9 heteroatoms. The van der Waals surface area contributed by atoms with Crippen molar-refractivity contribution in [1.29, 1.82) is 0 Å². The molecule has 0 aliphatic carbocycles. The number of likely N-dealkylation sites (tertiary alicyclic amines) is 1. The van der Waals surface area contributed by atoms with E-state index < -0.39 is 10.0 Å². The number of carbonyl (C=O) groups excluding carboxylic acids is 1. The van der Waals surface area contributed by atoms with Crippen LogP contribution in [0.5, 0.6) is 0 Å². The van der Waals surface area contributed by atoms with Gasteiger partial charge in [0.25, 0.3) is 10.0 Å². The zero-order chi connectivity index (χ0) is 23.3. The van der Waals surface area contributed by atoms with E-state index in [0.717, 1.165) is 37.1 Å². The lowest BCUT2D eigenvalue weighted by Crippen LogP contribution is -2.26. The molecule has 3 aromatic rings. The number of hydrogen-bond donors (Lipinski definition) is 1. The summed E-state index contributed by atoms with van der Waals surface area (Å²) in [5.41, 5.74) is 2.17. The SMILES string of the molecule is CN1CCCCC/C1=N\S(=O)(=O)c1cccc(NC(=O)Cc2ccc(-n3cccn3)cc2)c1. The third-order valence-corrected chi connectivity index (χ3v) is 6.85. The minimum absolute atomic E-state index is 0.0639. The molecule has 8 nitrogen and oxygen atoms in total. The van der Waals surface area contributed by atoms with Gasteiger partial charge in [0, 0.05) is 38.1 Å². The van der Waals surface area contributed by atoms with Gasteiger partial charge in [-0.15, -0.1) is 4.40 Å². The Balaban J connectivity index is 1.43. The molecule has 0 radical (unpaired) electrons. The van der Waals surface area contributed by atoms with Crippen molar-refractivity contribution in [2.24, 2.45) is 4.40 Å². The molecule has 0 bridgehead atoms. The Morgan fingerprint density at radius 2 is 1.91 bits per heavy atom. The minimum Gasteiger partial charge on any atom is -0.362 e. The normalized spacial score (nSPS) is 15.9. The smallest absolute Gasteiger partial charge is 0.284 e. The molecule has 2 heterocycles. The fourth-order valence-corrected chi connectivity index (χ4v) is 4.89. The Morgan fingerprint density at radius 3 is 2.67 bits per heavy atom. The van der Waals surface area contributed by atoms with Crippen LogP contribution in [0.2, 0.25) is 0 Å². The van der Waals surface area contributed by atoms with E-state index in [4.69, 9.17) is 0 Å². The van der Waals surface area contributed by atoms with Crippen molar-refractivity contribution in [3.8, 4) is 5.69 Å². The molecule has 1 amide bonds. The minimum atomic E-state index is -3.87. The first-order valence-corrected chi connectivity index (χ1v) is 12.4. The van der Waals surface area contributed by atoms with Crippen LogP contribution in [0.3, 0.4) is 0 Å². The van der Waals surface area contributed by atoms with Gasteiger partial charge in [0.15, 0.2) is 0 Å². The highest BCUT2D eigenvalue weighted by atomic mass is 32.2. The van der Waals surface area contributed by atoms with Crippen molar-refractivity contribution in [1.82, 2.24) is 14.7 Å². The molecule has 0 saturated carbocycles. The molecule has 1 N–H and O–H groups in total. The predicted molar refractivity (Wildman–Crippen MR) is 128 cm³/mol. The zero-order valence-corrected chi connectivity index (χ0v) is 19.3. The zero-order valence-electron chi connectivity index (χ0n) is 18.5. The van der Waals surface area contributed by atoms with Crippen LogP contribution in [0.1, 0.15) is 31.2 Å². The number of nitrogens with one attached hydrogen (secondary N) is 1. The molecule has 1 aliphatic rings. The van der Waals surface area contributed by atoms with Gasteiger partial charge in [-0.1, -0.05) is 24.6 Å². The van der Waals surface area contributed by atoms with Crippen molar-refractivity contribution >= 4 is 27.5 Å². The average molecular weight is 466 g/mol. The summed E-state index contributed by atoms with van der Waals surface area (Å²) >= 11 is 0. The third-order valence-electron chi connectivity index (χ3n) is 5.55. The number of carbonyl (C=O) groups is 1. The van der Waals surface area contributed by atoms with Gasteiger partial charge >= 0.3 is 0 Å². The van der Waals surface area contributed by atoms with Crippen molar-refractivity contribution in [3.63, 3.8) is 0 Å². The Kier molecular flexibility index (Phi) is 6.88. The maximum absolute atomic E-state index is 12.9. The van der Waals surface area contributed by atoms with Crippen LogP contribution >= 0.6 is 0 Å². The summed E-state index contributed by atoms with van der Waals surface area (Å²) in [5, 5.41) is 6.97. The molecule has 4 rings (SSSR count). The molecule has 1 fully saturated rings. The van der Waals surface area contributed by atoms with Gasteiger partial charge in [0.05, 0.1) is 17.0 Å². The van der Waals surface area contributed by atoms with Crippen LogP contribution in [0, 0.1) is 0 Å². The van der Waals surface area contributed by atoms with E-state index in [1.165, 1.54) is 12.1 Å². The Bertz CT molecular complexity index is 1240. The largest absolute Gasteiger partial charge is 0.362 e. The highest BCUT2D eigenvalue weighted by Gasteiger charge is 2.19. The van der Waals surface area contributed by atoms with Crippen LogP contribution in [0.15, 0.2) is 76.3 Å². The first-order valence-electron chi connectivity index (χ1n) is 10.9. The number of hydrogen-bond acceptors (Lipinski definition) is 4. The van der Waals surface area contributed by atoms with Gasteiger partial charge < -0.3 is 10.2 Å². The van der Waals surface area contributed by atoms with Crippen LogP contribution in [0.25, 0.3) is 5.69 Å². The molecule has 0 atom stereocenters. The second kappa shape index (κ2) is 9.99. The lowest BCUT2D eigenvalue weighted by molar-refractivity contribution is -0.115. The quantitative estimate of drug-likeness (QED) is 0.599. The summed E-state index contributed by atoms with van der Waals surface area (Å²) in [7, 11) is -1.99. The monoisotopic (exact) mass is 465 g/mol. The van der Waals surface area contributed by atoms with Gasteiger partial charge in [-0.25, -0.2) is 4.68 Å². The molecular formula is C24H27N5O3S. The number of benzene rings is 2. The Morgan fingerprint density at radius 1 is 1.09 bits per heavy atom. The van der Waals surface area contributed by atoms with Crippen molar-refractivity contribution in [3.05, 3.63) is 72.6 Å². The Hall–Kier alpha value is -3.46. The standard InChI is InChI=1S/C24H27N5O3S/c1-28-15-4-2-3-9-23(28)27-33(31,32)22-8-5-7-20(18-22)26-24(30)17-19-10-12-21(13-11-19)29-16-6-14-25-29/h5-8,10-14,16,18H,2-4,9,15,17H2,1H3,(H,26,30)/b27-23+. The maximum Gasteiger partial charge on any atom is 0.284 e. The van der Waals surface area contributed by atoms with Crippen LogP contribution in [-0.2, 0) is 21.2 Å². The van der Waals surface area contributed by atoms with Gasteiger partial charge in [0.1, 0.15) is 5.84 Å². The highest BCUT2D eigenvalue weighted by Crippen LogP contribution is 2.20. The number of sulfonamides is 1. The first kappa shape index (κ1) is 22.7. The lowest BCUT2D eigenvalue weighted by Gasteiger charge is -2.17. The van der Waals surface area contributed by atoms with Gasteiger partial charge in [0.2, 0.25) is 5.91 Å². The first-order chi connectivity index (χ1) is 15.9. The number of rotatable bonds is 6. The predicted octanol–water partition coefficient (Wildman–Crippen LogP) is 3.65. The molecular weight excluding hydrogens is 438 g/mol. The molecule has 1 saturated heterocycles. The fourth-order valence-electron chi connectivity index (χ4n) is 3.75. The van der Waals surface area contributed by atoms with Crippen LogP contribution in [0.4, 0.5) is 5.69 Å². The molecule has 0 unspecified atom stereocenters. The van der Waals surface area contributed by atoms with Crippen molar-refractivity contribution < 1.29 is 13.2 Å². The molecule has 0 spiro atoms. The maximum atomic E-state index is 12.9. The summed E-state index contributed by atoms with van der Waals surface area (Å²) in [6.07, 6.45) is 7.39. The van der Waals surface area contributed by atoms with Crippen molar-refractivity contribution in [2.45, 2.75) is 37.0 Å². The molecule has 2 aromatic carbocycles. The summed E-state index contributed by atoms with van der Waals surface area (Å²) in [6, 6.07) is 15.6. The van der Waals surface area contributed by atoms with Crippen molar-refractivity contribution in [2.75, 3.05) is 18.9 Å². The van der Waals surface area contributed by atoms with Crippen LogP contribution < -0.4 is 5.32 Å². The number of aromatic nitrogens is 2. The van der Waals surface area contributed by atoms with Gasteiger partial charge in [-0.3, -0.25) is 4.79 Å². The summed E-state index contributed by atoms with van der Waals surface area (Å²) in [6.45, 7) is 0.799. The molecule has 33 heavy (non-hydrogen) atoms. The number of amides is 1. The molecule has 172 valence electrons. The lowest BCUT2D eigenvalue weighted by atomic mass is 10.1. The third kappa shape index (κ3) is 5.87. The van der Waals surface area contributed by atoms with E-state index in [2.05, 4.69) is 14.8 Å². The summed E-state index contributed by atoms with van der Waals surface area (Å²) in [4.78, 5) is 14.5. The van der Waals surface area contributed by atoms with Gasteiger partial charge in [-0.05, 0) is 54.8 Å². The average Bonchev–Trinajstić information content (AvgIpc) is 3.26. The second-order valence-corrected chi connectivity index (χ2v) is 9.69. The number of anilines is 1. The van der Waals surface area contributed by atoms with E-state index >= 15 is 0 Å². The Labute approximate surface area is 194 Å². The number of nitrogens with zero attached hydrogens (tertiary/aromatic N) is 4. The van der Waals surface area contributed by atoms with E-state index in [9.17, 15) is 13.2 Å². The second-order valence-electron chi connectivity index (χ2n) is 8.08. The number of amidine groups is 1. The van der Waals surface area contributed by atoms with E-state index in [1.807, 2.05) is 48.5 Å². The highest BCUT2D eigenvalue weighted by molar-refractivity contribution is 7.90. The molecule has 1 aliphatic heterocycles. The van der Waals surface area contributed by atoms with E-state index in [0.29, 0.717) is 17.9 Å². The summed E-state index contributed by atoms with van der Waals surface area (Å²) in [5.74, 6) is 0.353. The fraction of sp³-hybridized carbons (Fsp3) is 0.292. The van der Waals surface area contributed by atoms with E-state index in [1.54, 1.807) is 23.0 Å². The van der Waals surface area contributed by atoms with Crippen LogP contribution in [-0.4, -0.2) is 48.4 Å².